The van der Waals surface area contributed by atoms with Gasteiger partial charge in [0.05, 0.1) is 9.79 Å². The molecule has 0 heterocycles. The van der Waals surface area contributed by atoms with Gasteiger partial charge in [-0.25, -0.2) is 16.8 Å². The fourth-order valence-electron chi connectivity index (χ4n) is 3.14. The fourth-order valence-corrected chi connectivity index (χ4v) is 7.06. The van der Waals surface area contributed by atoms with E-state index in [1.807, 2.05) is 0 Å². The predicted octanol–water partition coefficient (Wildman–Crippen LogP) is -0.514. The number of hydrogen-bond donors (Lipinski definition) is 4. The van der Waals surface area contributed by atoms with E-state index >= 15 is 0 Å². The normalized spacial score (nSPS) is 16.2. The van der Waals surface area contributed by atoms with Gasteiger partial charge < -0.3 is 0 Å². The van der Waals surface area contributed by atoms with Crippen LogP contribution in [0, 0.1) is 0 Å². The molecular formula is C18H18N2O12S4. The van der Waals surface area contributed by atoms with E-state index in [0.29, 0.717) is 0 Å². The first-order chi connectivity index (χ1) is 16.3. The highest BCUT2D eigenvalue weighted by molar-refractivity contribution is 7.92. The third kappa shape index (κ3) is 5.39. The van der Waals surface area contributed by atoms with Crippen molar-refractivity contribution < 1.29 is 52.4 Å². The fraction of sp³-hybridized carbons (Fsp3) is 0.222. The van der Waals surface area contributed by atoms with Crippen molar-refractivity contribution in [2.75, 3.05) is 0 Å². The van der Waals surface area contributed by atoms with E-state index in [0.717, 1.165) is 50.2 Å². The van der Waals surface area contributed by atoms with Crippen LogP contribution in [0.5, 0.6) is 0 Å². The molecule has 2 atom stereocenters. The summed E-state index contributed by atoms with van der Waals surface area (Å²) >= 11 is 0. The van der Waals surface area contributed by atoms with Crippen LogP contribution in [0.25, 0.3) is 0 Å². The maximum atomic E-state index is 13.1. The lowest BCUT2D eigenvalue weighted by atomic mass is 9.84. The number of hydrogen-bond acceptors (Lipinski definition) is 10. The van der Waals surface area contributed by atoms with E-state index in [4.69, 9.17) is 9.11 Å². The van der Waals surface area contributed by atoms with E-state index in [9.17, 15) is 43.3 Å². The molecule has 196 valence electrons. The van der Waals surface area contributed by atoms with E-state index in [2.05, 4.69) is 0 Å². The summed E-state index contributed by atoms with van der Waals surface area (Å²) in [5, 5.41) is -3.86. The molecule has 0 bridgehead atoms. The SMILES string of the molecule is CC(NS(=O)(=O)c1ccc2c(c1)C(=O)c1cc(S(=O)(=O)NC(C)S(=O)(=O)O)ccc1C2=O)S(=O)(=O)O. The lowest BCUT2D eigenvalue weighted by molar-refractivity contribution is 0.0978. The second-order valence-corrected chi connectivity index (χ2v) is 14.5. The van der Waals surface area contributed by atoms with Crippen LogP contribution in [0.3, 0.4) is 0 Å². The summed E-state index contributed by atoms with van der Waals surface area (Å²) in [5.74, 6) is -1.69. The highest BCUT2D eigenvalue weighted by Gasteiger charge is 2.34. The van der Waals surface area contributed by atoms with Gasteiger partial charge in [-0.05, 0) is 50.2 Å². The Labute approximate surface area is 206 Å². The van der Waals surface area contributed by atoms with Crippen LogP contribution in [0.15, 0.2) is 46.2 Å². The van der Waals surface area contributed by atoms with Crippen molar-refractivity contribution in [3.63, 3.8) is 0 Å². The van der Waals surface area contributed by atoms with Crippen molar-refractivity contribution in [2.45, 2.75) is 34.4 Å². The highest BCUT2D eigenvalue weighted by Crippen LogP contribution is 2.31. The van der Waals surface area contributed by atoms with Crippen LogP contribution in [0.1, 0.15) is 45.7 Å². The summed E-state index contributed by atoms with van der Waals surface area (Å²) in [4.78, 5) is 24.8. The quantitative estimate of drug-likeness (QED) is 0.246. The Morgan fingerprint density at radius 3 is 1.19 bits per heavy atom. The molecule has 0 spiro atoms. The maximum Gasteiger partial charge on any atom is 0.281 e. The molecule has 18 heteroatoms. The van der Waals surface area contributed by atoms with Gasteiger partial charge in [0.15, 0.2) is 11.6 Å². The largest absolute Gasteiger partial charge is 0.289 e. The molecule has 1 aliphatic rings. The smallest absolute Gasteiger partial charge is 0.281 e. The average Bonchev–Trinajstić information content (AvgIpc) is 2.74. The second-order valence-electron chi connectivity index (χ2n) is 7.63. The molecule has 2 aromatic rings. The summed E-state index contributed by atoms with van der Waals surface area (Å²) in [6.45, 7) is 1.71. The third-order valence-electron chi connectivity index (χ3n) is 5.12. The van der Waals surface area contributed by atoms with Gasteiger partial charge in [0, 0.05) is 22.3 Å². The van der Waals surface area contributed by atoms with Gasteiger partial charge in [-0.1, -0.05) is 0 Å². The minimum atomic E-state index is -4.79. The number of benzene rings is 2. The molecular weight excluding hydrogens is 564 g/mol. The van der Waals surface area contributed by atoms with Gasteiger partial charge >= 0.3 is 0 Å². The Kier molecular flexibility index (Phi) is 7.05. The molecule has 0 saturated heterocycles. The number of ketones is 2. The standard InChI is InChI=1S/C18H18N2O12S4/c1-9(35(27,28)29)19-33(23,24)11-3-5-13-15(7-11)18(22)16-8-12(4-6-14(16)17(13)21)34(25,26)20-10(2)36(30,31)32/h3-10,19-20H,1-2H3,(H,27,28,29)(H,30,31,32). The first-order valence-electron chi connectivity index (χ1n) is 9.60. The van der Waals surface area contributed by atoms with Crippen molar-refractivity contribution >= 4 is 51.8 Å². The summed E-state index contributed by atoms with van der Waals surface area (Å²) < 4.78 is 116. The number of carbonyl (C=O) groups excluding carboxylic acids is 2. The first-order valence-corrected chi connectivity index (χ1v) is 15.6. The summed E-state index contributed by atoms with van der Waals surface area (Å²) in [6.07, 6.45) is 0. The lowest BCUT2D eigenvalue weighted by Crippen LogP contribution is -2.38. The van der Waals surface area contributed by atoms with Crippen molar-refractivity contribution in [2.24, 2.45) is 0 Å². The Morgan fingerprint density at radius 2 is 0.889 bits per heavy atom. The van der Waals surface area contributed by atoms with Crippen LogP contribution in [-0.4, -0.2) is 65.1 Å². The van der Waals surface area contributed by atoms with Gasteiger partial charge in [0.2, 0.25) is 20.0 Å². The summed E-state index contributed by atoms with van der Waals surface area (Å²) in [5.41, 5.74) is -1.27. The third-order valence-corrected chi connectivity index (χ3v) is 10.5. The van der Waals surface area contributed by atoms with Crippen molar-refractivity contribution in [1.29, 1.82) is 0 Å². The number of fused-ring (bicyclic) bond motifs is 2. The Morgan fingerprint density at radius 1 is 0.583 bits per heavy atom. The molecule has 0 saturated carbocycles. The van der Waals surface area contributed by atoms with E-state index in [1.54, 1.807) is 9.44 Å². The van der Waals surface area contributed by atoms with E-state index < -0.39 is 83.5 Å². The van der Waals surface area contributed by atoms with Gasteiger partial charge in [0.25, 0.3) is 20.2 Å². The van der Waals surface area contributed by atoms with Crippen molar-refractivity contribution in [1.82, 2.24) is 9.44 Å². The van der Waals surface area contributed by atoms with Crippen LogP contribution < -0.4 is 9.44 Å². The zero-order chi connectivity index (χ0) is 27.4. The van der Waals surface area contributed by atoms with E-state index in [1.165, 1.54) is 0 Å². The molecule has 0 fully saturated rings. The Hall–Kier alpha value is -2.58. The topological polar surface area (TPSA) is 235 Å². The molecule has 4 N–H and O–H groups in total. The predicted molar refractivity (Wildman–Crippen MR) is 122 cm³/mol. The first kappa shape index (κ1) is 28.0. The van der Waals surface area contributed by atoms with Gasteiger partial charge in [-0.2, -0.15) is 26.3 Å². The van der Waals surface area contributed by atoms with Gasteiger partial charge in [-0.15, -0.1) is 0 Å². The number of rotatable bonds is 8. The maximum absolute atomic E-state index is 13.1. The van der Waals surface area contributed by atoms with E-state index in [-0.39, 0.29) is 11.1 Å². The molecule has 0 aliphatic heterocycles. The second kappa shape index (κ2) is 9.06. The number of sulfonamides is 2. The minimum absolute atomic E-state index is 0.206. The zero-order valence-corrected chi connectivity index (χ0v) is 21.5. The Bertz CT molecular complexity index is 1600. The monoisotopic (exact) mass is 582 g/mol. The van der Waals surface area contributed by atoms with Crippen LogP contribution in [-0.2, 0) is 40.3 Å². The number of nitrogens with one attached hydrogen (secondary N) is 2. The van der Waals surface area contributed by atoms with Gasteiger partial charge in [0.1, 0.15) is 10.7 Å². The van der Waals surface area contributed by atoms with Crippen LogP contribution in [0.4, 0.5) is 0 Å². The molecule has 2 unspecified atom stereocenters. The van der Waals surface area contributed by atoms with Crippen LogP contribution in [0.2, 0.25) is 0 Å². The zero-order valence-electron chi connectivity index (χ0n) is 18.2. The molecule has 0 radical (unpaired) electrons. The summed E-state index contributed by atoms with van der Waals surface area (Å²) in [6, 6.07) is 5.49. The van der Waals surface area contributed by atoms with Crippen molar-refractivity contribution in [3.8, 4) is 0 Å². The molecule has 3 rings (SSSR count). The van der Waals surface area contributed by atoms with Crippen LogP contribution >= 0.6 is 0 Å². The molecule has 2 aromatic carbocycles. The number of carbonyl (C=O) groups is 2. The summed E-state index contributed by atoms with van der Waals surface area (Å²) in [7, 11) is -18.8. The minimum Gasteiger partial charge on any atom is -0.289 e. The Balaban J connectivity index is 2.06. The molecule has 36 heavy (non-hydrogen) atoms. The van der Waals surface area contributed by atoms with Crippen molar-refractivity contribution in [3.05, 3.63) is 58.7 Å². The average molecular weight is 583 g/mol. The molecule has 0 amide bonds. The highest BCUT2D eigenvalue weighted by atomic mass is 32.2. The molecule has 14 nitrogen and oxygen atoms in total. The van der Waals surface area contributed by atoms with Gasteiger partial charge in [-0.3, -0.25) is 18.7 Å². The lowest BCUT2D eigenvalue weighted by Gasteiger charge is -2.20. The molecule has 0 aromatic heterocycles. The molecule has 1 aliphatic carbocycles.